The highest BCUT2D eigenvalue weighted by molar-refractivity contribution is 7.11. The lowest BCUT2D eigenvalue weighted by molar-refractivity contribution is 0.301. The van der Waals surface area contributed by atoms with Crippen molar-refractivity contribution in [2.24, 2.45) is 0 Å². The molecule has 0 radical (unpaired) electrons. The number of nitrogens with zero attached hydrogens (tertiary/aromatic N) is 1. The Bertz CT molecular complexity index is 572. The number of aromatic nitrogens is 1. The van der Waals surface area contributed by atoms with Gasteiger partial charge in [-0.3, -0.25) is 0 Å². The molecule has 1 aromatic heterocycles. The number of rotatable bonds is 7. The average Bonchev–Trinajstić information content (AvgIpc) is 2.79. The minimum absolute atomic E-state index is 0.547. The maximum absolute atomic E-state index is 5.98. The number of benzene rings is 1. The summed E-state index contributed by atoms with van der Waals surface area (Å²) in [5.74, 6) is 0.982. The highest BCUT2D eigenvalue weighted by Crippen LogP contribution is 2.25. The van der Waals surface area contributed by atoms with E-state index in [-0.39, 0.29) is 0 Å². The quantitative estimate of drug-likeness (QED) is 0.780. The third-order valence-corrected chi connectivity index (χ3v) is 4.53. The molecule has 0 saturated carbocycles. The number of aryl methyl sites for hydroxylation is 3. The van der Waals surface area contributed by atoms with Crippen LogP contribution in [0.3, 0.4) is 0 Å². The highest BCUT2D eigenvalue weighted by atomic mass is 32.1. The Morgan fingerprint density at radius 1 is 1.19 bits per heavy atom. The fourth-order valence-corrected chi connectivity index (χ4v) is 3.21. The molecule has 1 heterocycles. The predicted octanol–water partition coefficient (Wildman–Crippen LogP) is 4.15. The van der Waals surface area contributed by atoms with E-state index in [4.69, 9.17) is 4.74 Å². The Labute approximate surface area is 131 Å². The van der Waals surface area contributed by atoms with Gasteiger partial charge in [0.2, 0.25) is 0 Å². The molecule has 0 saturated heterocycles. The SMILES string of the molecule is CCCNCc1sc(COc2c(C)cccc2C)nc1C. The number of thiazole rings is 1. The van der Waals surface area contributed by atoms with E-state index in [1.165, 1.54) is 16.0 Å². The van der Waals surface area contributed by atoms with E-state index in [2.05, 4.69) is 56.2 Å². The first-order valence-electron chi connectivity index (χ1n) is 7.46. The van der Waals surface area contributed by atoms with Crippen molar-refractivity contribution >= 4 is 11.3 Å². The number of hydrogen-bond donors (Lipinski definition) is 1. The first-order chi connectivity index (χ1) is 10.1. The molecular formula is C17H24N2OS. The van der Waals surface area contributed by atoms with Crippen LogP contribution in [0.4, 0.5) is 0 Å². The molecular weight excluding hydrogens is 280 g/mol. The standard InChI is InChI=1S/C17H24N2OS/c1-5-9-18-10-15-14(4)19-16(21-15)11-20-17-12(2)7-6-8-13(17)3/h6-8,18H,5,9-11H2,1-4H3. The summed E-state index contributed by atoms with van der Waals surface area (Å²) >= 11 is 1.74. The molecule has 3 nitrogen and oxygen atoms in total. The van der Waals surface area contributed by atoms with Gasteiger partial charge in [-0.2, -0.15) is 0 Å². The van der Waals surface area contributed by atoms with E-state index in [1.54, 1.807) is 11.3 Å². The normalized spacial score (nSPS) is 10.9. The fraction of sp³-hybridized carbons (Fsp3) is 0.471. The van der Waals surface area contributed by atoms with Gasteiger partial charge in [0.15, 0.2) is 0 Å². The Hall–Kier alpha value is -1.39. The van der Waals surface area contributed by atoms with Crippen molar-refractivity contribution in [2.75, 3.05) is 6.54 Å². The number of para-hydroxylation sites is 1. The summed E-state index contributed by atoms with van der Waals surface area (Å²) in [4.78, 5) is 5.93. The number of ether oxygens (including phenoxy) is 1. The van der Waals surface area contributed by atoms with Crippen molar-refractivity contribution in [2.45, 2.75) is 47.3 Å². The van der Waals surface area contributed by atoms with E-state index in [0.717, 1.165) is 36.0 Å². The van der Waals surface area contributed by atoms with Crippen molar-refractivity contribution in [1.29, 1.82) is 0 Å². The molecule has 4 heteroatoms. The van der Waals surface area contributed by atoms with Crippen LogP contribution >= 0.6 is 11.3 Å². The Morgan fingerprint density at radius 2 is 1.90 bits per heavy atom. The third-order valence-electron chi connectivity index (χ3n) is 3.40. The van der Waals surface area contributed by atoms with E-state index < -0.39 is 0 Å². The summed E-state index contributed by atoms with van der Waals surface area (Å²) in [7, 11) is 0. The third kappa shape index (κ3) is 4.29. The topological polar surface area (TPSA) is 34.1 Å². The van der Waals surface area contributed by atoms with Gasteiger partial charge in [-0.1, -0.05) is 25.1 Å². The smallest absolute Gasteiger partial charge is 0.140 e. The van der Waals surface area contributed by atoms with Crippen LogP contribution in [0, 0.1) is 20.8 Å². The van der Waals surface area contributed by atoms with Crippen LogP contribution in [0.2, 0.25) is 0 Å². The van der Waals surface area contributed by atoms with E-state index >= 15 is 0 Å². The molecule has 0 unspecified atom stereocenters. The first kappa shape index (κ1) is 16.0. The maximum atomic E-state index is 5.98. The number of hydrogen-bond acceptors (Lipinski definition) is 4. The molecule has 0 bridgehead atoms. The zero-order valence-electron chi connectivity index (χ0n) is 13.3. The Kier molecular flexibility index (Phi) is 5.76. The van der Waals surface area contributed by atoms with Crippen LogP contribution in [0.5, 0.6) is 5.75 Å². The van der Waals surface area contributed by atoms with Crippen molar-refractivity contribution in [3.8, 4) is 5.75 Å². The van der Waals surface area contributed by atoms with Crippen molar-refractivity contribution < 1.29 is 4.74 Å². The largest absolute Gasteiger partial charge is 0.486 e. The lowest BCUT2D eigenvalue weighted by atomic mass is 10.1. The molecule has 0 amide bonds. The minimum atomic E-state index is 0.547. The number of nitrogens with one attached hydrogen (secondary N) is 1. The van der Waals surface area contributed by atoms with Gasteiger partial charge in [0, 0.05) is 11.4 Å². The van der Waals surface area contributed by atoms with Crippen molar-refractivity contribution in [1.82, 2.24) is 10.3 Å². The van der Waals surface area contributed by atoms with Gasteiger partial charge in [0.25, 0.3) is 0 Å². The zero-order valence-corrected chi connectivity index (χ0v) is 14.1. The molecule has 2 aromatic rings. The van der Waals surface area contributed by atoms with Gasteiger partial charge in [0.1, 0.15) is 17.4 Å². The Morgan fingerprint density at radius 3 is 2.57 bits per heavy atom. The summed E-state index contributed by atoms with van der Waals surface area (Å²) in [5.41, 5.74) is 3.46. The van der Waals surface area contributed by atoms with Crippen LogP contribution in [0.15, 0.2) is 18.2 Å². The molecule has 0 aliphatic heterocycles. The van der Waals surface area contributed by atoms with Crippen LogP contribution in [0.25, 0.3) is 0 Å². The average molecular weight is 304 g/mol. The predicted molar refractivity (Wildman–Crippen MR) is 89.1 cm³/mol. The fourth-order valence-electron chi connectivity index (χ4n) is 2.25. The lowest BCUT2D eigenvalue weighted by Gasteiger charge is -2.10. The van der Waals surface area contributed by atoms with Gasteiger partial charge in [-0.25, -0.2) is 4.98 Å². The Balaban J connectivity index is 1.99. The summed E-state index contributed by atoms with van der Waals surface area (Å²) in [6, 6.07) is 6.22. The van der Waals surface area contributed by atoms with Gasteiger partial charge in [-0.15, -0.1) is 11.3 Å². The molecule has 0 spiro atoms. The van der Waals surface area contributed by atoms with E-state index in [1.807, 2.05) is 0 Å². The highest BCUT2D eigenvalue weighted by Gasteiger charge is 2.09. The van der Waals surface area contributed by atoms with Crippen LogP contribution in [0.1, 0.15) is 40.1 Å². The van der Waals surface area contributed by atoms with Crippen LogP contribution in [-0.2, 0) is 13.2 Å². The summed E-state index contributed by atoms with van der Waals surface area (Å²) in [5, 5.41) is 4.47. The van der Waals surface area contributed by atoms with E-state index in [9.17, 15) is 0 Å². The lowest BCUT2D eigenvalue weighted by Crippen LogP contribution is -2.13. The van der Waals surface area contributed by atoms with Crippen molar-refractivity contribution in [3.05, 3.63) is 44.9 Å². The zero-order chi connectivity index (χ0) is 15.2. The summed E-state index contributed by atoms with van der Waals surface area (Å²) < 4.78 is 5.98. The second kappa shape index (κ2) is 7.57. The van der Waals surface area contributed by atoms with Crippen LogP contribution in [-0.4, -0.2) is 11.5 Å². The van der Waals surface area contributed by atoms with E-state index in [0.29, 0.717) is 6.61 Å². The van der Waals surface area contributed by atoms with Crippen molar-refractivity contribution in [3.63, 3.8) is 0 Å². The second-order valence-corrected chi connectivity index (χ2v) is 6.47. The van der Waals surface area contributed by atoms with Gasteiger partial charge in [0.05, 0.1) is 5.69 Å². The second-order valence-electron chi connectivity index (χ2n) is 5.30. The van der Waals surface area contributed by atoms with Gasteiger partial charge < -0.3 is 10.1 Å². The molecule has 0 aliphatic carbocycles. The first-order valence-corrected chi connectivity index (χ1v) is 8.28. The van der Waals surface area contributed by atoms with Crippen LogP contribution < -0.4 is 10.1 Å². The molecule has 2 rings (SSSR count). The molecule has 114 valence electrons. The summed E-state index contributed by atoms with van der Waals surface area (Å²) in [6.45, 7) is 10.9. The molecule has 1 N–H and O–H groups in total. The molecule has 21 heavy (non-hydrogen) atoms. The molecule has 0 atom stereocenters. The monoisotopic (exact) mass is 304 g/mol. The summed E-state index contributed by atoms with van der Waals surface area (Å²) in [6.07, 6.45) is 1.15. The molecule has 0 aliphatic rings. The molecule has 1 aromatic carbocycles. The van der Waals surface area contributed by atoms with Gasteiger partial charge >= 0.3 is 0 Å². The minimum Gasteiger partial charge on any atom is -0.486 e. The van der Waals surface area contributed by atoms with Gasteiger partial charge in [-0.05, 0) is 44.9 Å². The molecule has 0 fully saturated rings. The maximum Gasteiger partial charge on any atom is 0.140 e.